The maximum absolute atomic E-state index is 13.2. The summed E-state index contributed by atoms with van der Waals surface area (Å²) < 4.78 is 63.9. The number of rotatable bonds is 4. The van der Waals surface area contributed by atoms with E-state index in [0.29, 0.717) is 45.4 Å². The number of carbonyl (C=O) groups excluding carboxylic acids is 1. The summed E-state index contributed by atoms with van der Waals surface area (Å²) in [5.41, 5.74) is 0. The van der Waals surface area contributed by atoms with Crippen LogP contribution in [0.25, 0.3) is 0 Å². The van der Waals surface area contributed by atoms with Gasteiger partial charge in [-0.25, -0.2) is 21.2 Å². The SMILES string of the molecule is O=C(C1CCCN1S(=O)(=O)c1ccc(F)cc1)N1CCN(C2CCS(=O)(=O)C2)CC1. The van der Waals surface area contributed by atoms with Gasteiger partial charge in [-0.05, 0) is 43.5 Å². The summed E-state index contributed by atoms with van der Waals surface area (Å²) in [6.45, 7) is 2.34. The van der Waals surface area contributed by atoms with Crippen molar-refractivity contribution in [3.63, 3.8) is 0 Å². The number of piperazine rings is 1. The van der Waals surface area contributed by atoms with Crippen LogP contribution in [0.4, 0.5) is 4.39 Å². The van der Waals surface area contributed by atoms with Crippen LogP contribution < -0.4 is 0 Å². The van der Waals surface area contributed by atoms with Crippen molar-refractivity contribution in [1.82, 2.24) is 14.1 Å². The van der Waals surface area contributed by atoms with Gasteiger partial charge in [0.05, 0.1) is 16.4 Å². The largest absolute Gasteiger partial charge is 0.339 e. The average Bonchev–Trinajstić information content (AvgIpc) is 3.35. The van der Waals surface area contributed by atoms with Gasteiger partial charge in [-0.15, -0.1) is 0 Å². The van der Waals surface area contributed by atoms with Crippen LogP contribution in [0.5, 0.6) is 0 Å². The zero-order chi connectivity index (χ0) is 21.5. The summed E-state index contributed by atoms with van der Waals surface area (Å²) in [5.74, 6) is -0.338. The lowest BCUT2D eigenvalue weighted by atomic mass is 10.1. The highest BCUT2D eigenvalue weighted by atomic mass is 32.2. The van der Waals surface area contributed by atoms with Gasteiger partial charge in [0.2, 0.25) is 15.9 Å². The molecule has 3 aliphatic heterocycles. The second-order valence-corrected chi connectivity index (χ2v) is 12.3. The van der Waals surface area contributed by atoms with Crippen LogP contribution in [0, 0.1) is 5.82 Å². The molecule has 0 aromatic heterocycles. The highest BCUT2D eigenvalue weighted by Gasteiger charge is 2.42. The third-order valence-corrected chi connectivity index (χ3v) is 9.93. The van der Waals surface area contributed by atoms with Gasteiger partial charge in [0.15, 0.2) is 9.84 Å². The lowest BCUT2D eigenvalue weighted by Gasteiger charge is -2.39. The van der Waals surface area contributed by atoms with Crippen molar-refractivity contribution >= 4 is 25.8 Å². The summed E-state index contributed by atoms with van der Waals surface area (Å²) in [4.78, 5) is 16.9. The molecule has 166 valence electrons. The molecule has 1 amide bonds. The van der Waals surface area contributed by atoms with E-state index in [0.717, 1.165) is 12.1 Å². The molecular weight excluding hydrogens is 433 g/mol. The minimum absolute atomic E-state index is 0.00841. The molecule has 8 nitrogen and oxygen atoms in total. The molecule has 4 rings (SSSR count). The molecule has 0 N–H and O–H groups in total. The van der Waals surface area contributed by atoms with Gasteiger partial charge in [0, 0.05) is 38.8 Å². The molecule has 1 aromatic carbocycles. The summed E-state index contributed by atoms with van der Waals surface area (Å²) in [6, 6.07) is 3.90. The molecule has 2 atom stereocenters. The zero-order valence-electron chi connectivity index (χ0n) is 16.6. The minimum atomic E-state index is -3.88. The van der Waals surface area contributed by atoms with Gasteiger partial charge < -0.3 is 4.90 Å². The van der Waals surface area contributed by atoms with Crippen LogP contribution in [-0.4, -0.2) is 93.2 Å². The van der Waals surface area contributed by atoms with E-state index in [2.05, 4.69) is 4.90 Å². The second-order valence-electron chi connectivity index (χ2n) is 8.15. The maximum Gasteiger partial charge on any atom is 0.243 e. The van der Waals surface area contributed by atoms with Crippen molar-refractivity contribution in [3.05, 3.63) is 30.1 Å². The number of benzene rings is 1. The zero-order valence-corrected chi connectivity index (χ0v) is 18.2. The highest BCUT2D eigenvalue weighted by Crippen LogP contribution is 2.28. The van der Waals surface area contributed by atoms with E-state index in [9.17, 15) is 26.0 Å². The first-order chi connectivity index (χ1) is 14.2. The topological polar surface area (TPSA) is 95.1 Å². The highest BCUT2D eigenvalue weighted by molar-refractivity contribution is 7.91. The Balaban J connectivity index is 1.41. The molecule has 3 heterocycles. The van der Waals surface area contributed by atoms with Crippen LogP contribution in [0.15, 0.2) is 29.2 Å². The first kappa shape index (κ1) is 21.7. The molecule has 3 fully saturated rings. The van der Waals surface area contributed by atoms with Crippen molar-refractivity contribution in [2.24, 2.45) is 0 Å². The number of amides is 1. The van der Waals surface area contributed by atoms with Crippen LogP contribution >= 0.6 is 0 Å². The van der Waals surface area contributed by atoms with Gasteiger partial charge >= 0.3 is 0 Å². The van der Waals surface area contributed by atoms with Crippen molar-refractivity contribution in [3.8, 4) is 0 Å². The van der Waals surface area contributed by atoms with Crippen LogP contribution in [-0.2, 0) is 24.7 Å². The maximum atomic E-state index is 13.2. The molecule has 3 saturated heterocycles. The Morgan fingerprint density at radius 1 is 1.00 bits per heavy atom. The number of halogens is 1. The first-order valence-corrected chi connectivity index (χ1v) is 13.4. The van der Waals surface area contributed by atoms with E-state index >= 15 is 0 Å². The van der Waals surface area contributed by atoms with E-state index in [-0.39, 0.29) is 34.9 Å². The van der Waals surface area contributed by atoms with Gasteiger partial charge in [-0.2, -0.15) is 4.31 Å². The number of hydrogen-bond donors (Lipinski definition) is 0. The molecule has 11 heteroatoms. The third kappa shape index (κ3) is 4.25. The van der Waals surface area contributed by atoms with Gasteiger partial charge in [0.25, 0.3) is 0 Å². The Bertz CT molecular complexity index is 1010. The Hall–Kier alpha value is -1.56. The fraction of sp³-hybridized carbons (Fsp3) is 0.632. The number of carbonyl (C=O) groups is 1. The summed E-state index contributed by atoms with van der Waals surface area (Å²) in [6.07, 6.45) is 1.68. The number of sulfonamides is 1. The summed E-state index contributed by atoms with van der Waals surface area (Å²) in [5, 5.41) is 0. The van der Waals surface area contributed by atoms with Crippen molar-refractivity contribution in [1.29, 1.82) is 0 Å². The second kappa shape index (κ2) is 8.18. The van der Waals surface area contributed by atoms with Crippen LogP contribution in [0.1, 0.15) is 19.3 Å². The van der Waals surface area contributed by atoms with E-state index in [1.165, 1.54) is 16.4 Å². The van der Waals surface area contributed by atoms with Crippen molar-refractivity contribution in [2.45, 2.75) is 36.2 Å². The predicted molar refractivity (Wildman–Crippen MR) is 109 cm³/mol. The quantitative estimate of drug-likeness (QED) is 0.643. The fourth-order valence-electron chi connectivity index (χ4n) is 4.60. The molecule has 1 aromatic rings. The molecule has 2 unspecified atom stereocenters. The number of hydrogen-bond acceptors (Lipinski definition) is 6. The van der Waals surface area contributed by atoms with Crippen molar-refractivity contribution < 1.29 is 26.0 Å². The lowest BCUT2D eigenvalue weighted by Crippen LogP contribution is -2.56. The molecule has 0 spiro atoms. The molecule has 0 saturated carbocycles. The van der Waals surface area contributed by atoms with Gasteiger partial charge in [-0.3, -0.25) is 9.69 Å². The third-order valence-electron chi connectivity index (χ3n) is 6.26. The summed E-state index contributed by atoms with van der Waals surface area (Å²) >= 11 is 0. The van der Waals surface area contributed by atoms with Crippen LogP contribution in [0.3, 0.4) is 0 Å². The molecule has 0 radical (unpaired) electrons. The Morgan fingerprint density at radius 3 is 2.27 bits per heavy atom. The molecule has 30 heavy (non-hydrogen) atoms. The Kier molecular flexibility index (Phi) is 5.90. The van der Waals surface area contributed by atoms with E-state index in [1.54, 1.807) is 4.90 Å². The van der Waals surface area contributed by atoms with E-state index in [1.807, 2.05) is 0 Å². The normalized spacial score (nSPS) is 28.1. The van der Waals surface area contributed by atoms with Gasteiger partial charge in [0.1, 0.15) is 11.9 Å². The lowest BCUT2D eigenvalue weighted by molar-refractivity contribution is -0.136. The molecule has 3 aliphatic rings. The fourth-order valence-corrected chi connectivity index (χ4v) is 8.01. The standard InChI is InChI=1S/C19H26FN3O5S2/c20-15-3-5-17(6-4-15)30(27,28)23-8-1-2-18(23)19(24)22-11-9-21(10-12-22)16-7-13-29(25,26)14-16/h3-6,16,18H,1-2,7-14H2. The molecule has 0 aliphatic carbocycles. The number of nitrogens with zero attached hydrogens (tertiary/aromatic N) is 3. The molecular formula is C19H26FN3O5S2. The average molecular weight is 460 g/mol. The van der Waals surface area contributed by atoms with E-state index < -0.39 is 31.7 Å². The first-order valence-electron chi connectivity index (χ1n) is 10.2. The minimum Gasteiger partial charge on any atom is -0.339 e. The van der Waals surface area contributed by atoms with E-state index in [4.69, 9.17) is 0 Å². The summed E-state index contributed by atoms with van der Waals surface area (Å²) in [7, 11) is -6.84. The van der Waals surface area contributed by atoms with Gasteiger partial charge in [-0.1, -0.05) is 0 Å². The van der Waals surface area contributed by atoms with Crippen molar-refractivity contribution in [2.75, 3.05) is 44.2 Å². The smallest absolute Gasteiger partial charge is 0.243 e. The van der Waals surface area contributed by atoms with Crippen LogP contribution in [0.2, 0.25) is 0 Å². The predicted octanol–water partition coefficient (Wildman–Crippen LogP) is 0.310. The monoisotopic (exact) mass is 459 g/mol. The Morgan fingerprint density at radius 2 is 1.67 bits per heavy atom. The molecule has 0 bridgehead atoms. The Labute approximate surface area is 176 Å². The number of sulfone groups is 1.